The number of rotatable bonds is 10. The summed E-state index contributed by atoms with van der Waals surface area (Å²) in [5, 5.41) is 10.3. The van der Waals surface area contributed by atoms with Crippen LogP contribution in [0.2, 0.25) is 0 Å². The van der Waals surface area contributed by atoms with Crippen LogP contribution in [-0.2, 0) is 30.8 Å². The highest BCUT2D eigenvalue weighted by molar-refractivity contribution is 7.89. The summed E-state index contributed by atoms with van der Waals surface area (Å²) < 4.78 is 64.9. The topological polar surface area (TPSA) is 116 Å². The summed E-state index contributed by atoms with van der Waals surface area (Å²) in [6, 6.07) is 6.90. The van der Waals surface area contributed by atoms with Gasteiger partial charge in [-0.3, -0.25) is 4.79 Å². The maximum Gasteiger partial charge on any atom is 0.490 e. The zero-order valence-corrected chi connectivity index (χ0v) is 21.0. The van der Waals surface area contributed by atoms with Crippen LogP contribution in [0.15, 0.2) is 29.2 Å². The van der Waals surface area contributed by atoms with E-state index in [2.05, 4.69) is 5.32 Å². The van der Waals surface area contributed by atoms with Gasteiger partial charge in [-0.1, -0.05) is 19.1 Å². The fraction of sp³-hybridized carbons (Fsp3) is 0.636. The number of nitrogens with zero attached hydrogens (tertiary/aromatic N) is 2. The van der Waals surface area contributed by atoms with Gasteiger partial charge in [0.25, 0.3) is 0 Å². The first-order valence-electron chi connectivity index (χ1n) is 11.3. The van der Waals surface area contributed by atoms with Gasteiger partial charge >= 0.3 is 12.1 Å². The third-order valence-electron chi connectivity index (χ3n) is 5.00. The number of amides is 1. The van der Waals surface area contributed by atoms with Gasteiger partial charge in [0.2, 0.25) is 15.9 Å². The number of carbonyl (C=O) groups is 2. The molecule has 0 radical (unpaired) electrons. The van der Waals surface area contributed by atoms with Gasteiger partial charge in [0.15, 0.2) is 0 Å². The van der Waals surface area contributed by atoms with Crippen molar-refractivity contribution in [2.45, 2.75) is 50.8 Å². The molecule has 1 aromatic carbocycles. The summed E-state index contributed by atoms with van der Waals surface area (Å²) in [7, 11) is -3.75. The molecule has 1 saturated heterocycles. The van der Waals surface area contributed by atoms with Crippen LogP contribution in [0.3, 0.4) is 0 Å². The van der Waals surface area contributed by atoms with E-state index in [4.69, 9.17) is 14.6 Å². The standard InChI is InChI=1S/C20H33N3O4S.C2HF3O2/c1-4-18-6-8-19(9-7-18)28(25,26)23(12-5-15-27-17(2)3)16-20(24)22-13-10-21-11-14-22;3-2(4,5)1(6)7/h6-9,17,21H,4-5,10-16H2,1-3H3;(H,6,7). The summed E-state index contributed by atoms with van der Waals surface area (Å²) >= 11 is 0. The number of nitrogens with one attached hydrogen (secondary N) is 1. The minimum absolute atomic E-state index is 0.0918. The lowest BCUT2D eigenvalue weighted by molar-refractivity contribution is -0.192. The molecule has 1 aromatic rings. The van der Waals surface area contributed by atoms with Crippen LogP contribution in [0.1, 0.15) is 32.8 Å². The predicted octanol–water partition coefficient (Wildman–Crippen LogP) is 2.12. The van der Waals surface area contributed by atoms with Crippen molar-refractivity contribution in [3.63, 3.8) is 0 Å². The number of hydrogen-bond acceptors (Lipinski definition) is 6. The summed E-state index contributed by atoms with van der Waals surface area (Å²) in [4.78, 5) is 23.5. The fourth-order valence-corrected chi connectivity index (χ4v) is 4.48. The number of benzene rings is 1. The number of aryl methyl sites for hydroxylation is 1. The Balaban J connectivity index is 0.000000762. The normalized spacial score (nSPS) is 14.6. The molecule has 13 heteroatoms. The van der Waals surface area contributed by atoms with Crippen LogP contribution in [0.4, 0.5) is 13.2 Å². The molecule has 1 aliphatic heterocycles. The van der Waals surface area contributed by atoms with E-state index in [-0.39, 0.29) is 30.0 Å². The average molecular weight is 526 g/mol. The Bertz CT molecular complexity index is 902. The Hall–Kier alpha value is -2.22. The third-order valence-corrected chi connectivity index (χ3v) is 6.86. The summed E-state index contributed by atoms with van der Waals surface area (Å²) in [5.41, 5.74) is 1.08. The van der Waals surface area contributed by atoms with Crippen molar-refractivity contribution in [3.8, 4) is 0 Å². The Labute approximate surface area is 204 Å². The number of piperazine rings is 1. The van der Waals surface area contributed by atoms with Crippen LogP contribution in [0, 0.1) is 0 Å². The molecule has 2 N–H and O–H groups in total. The molecule has 0 saturated carbocycles. The highest BCUT2D eigenvalue weighted by Crippen LogP contribution is 2.18. The van der Waals surface area contributed by atoms with E-state index in [1.54, 1.807) is 17.0 Å². The van der Waals surface area contributed by atoms with E-state index in [1.807, 2.05) is 32.9 Å². The van der Waals surface area contributed by atoms with E-state index in [9.17, 15) is 26.4 Å². The van der Waals surface area contributed by atoms with Gasteiger partial charge in [0.1, 0.15) is 0 Å². The third kappa shape index (κ3) is 10.9. The first-order valence-corrected chi connectivity index (χ1v) is 12.7. The van der Waals surface area contributed by atoms with Crippen LogP contribution in [0.25, 0.3) is 0 Å². The van der Waals surface area contributed by atoms with Gasteiger partial charge in [0.05, 0.1) is 17.5 Å². The lowest BCUT2D eigenvalue weighted by atomic mass is 10.2. The van der Waals surface area contributed by atoms with Crippen LogP contribution >= 0.6 is 0 Å². The second-order valence-corrected chi connectivity index (χ2v) is 9.98. The van der Waals surface area contributed by atoms with Crippen molar-refractivity contribution >= 4 is 21.9 Å². The number of sulfonamides is 1. The quantitative estimate of drug-likeness (QED) is 0.450. The van der Waals surface area contributed by atoms with Crippen molar-refractivity contribution in [3.05, 3.63) is 29.8 Å². The maximum absolute atomic E-state index is 13.2. The summed E-state index contributed by atoms with van der Waals surface area (Å²) in [6.07, 6.45) is -3.61. The largest absolute Gasteiger partial charge is 0.490 e. The number of ether oxygens (including phenoxy) is 1. The molecule has 0 unspecified atom stereocenters. The van der Waals surface area contributed by atoms with E-state index in [0.717, 1.165) is 25.1 Å². The Kier molecular flexibility index (Phi) is 12.6. The van der Waals surface area contributed by atoms with E-state index in [0.29, 0.717) is 26.1 Å². The smallest absolute Gasteiger partial charge is 0.475 e. The minimum atomic E-state index is -5.08. The molecule has 0 aromatic heterocycles. The second-order valence-electron chi connectivity index (χ2n) is 8.04. The zero-order chi connectivity index (χ0) is 26.6. The lowest BCUT2D eigenvalue weighted by Crippen LogP contribution is -2.50. The highest BCUT2D eigenvalue weighted by atomic mass is 32.2. The zero-order valence-electron chi connectivity index (χ0n) is 20.2. The van der Waals surface area contributed by atoms with Gasteiger partial charge in [-0.15, -0.1) is 0 Å². The Morgan fingerprint density at radius 3 is 2.17 bits per heavy atom. The fourth-order valence-electron chi connectivity index (χ4n) is 3.06. The second kappa shape index (κ2) is 14.4. The average Bonchev–Trinajstić information content (AvgIpc) is 2.81. The van der Waals surface area contributed by atoms with Crippen LogP contribution < -0.4 is 5.32 Å². The molecule has 1 aliphatic rings. The number of carboxylic acids is 1. The number of hydrogen-bond donors (Lipinski definition) is 2. The monoisotopic (exact) mass is 525 g/mol. The van der Waals surface area contributed by atoms with Gasteiger partial charge in [-0.2, -0.15) is 17.5 Å². The molecular formula is C22H34F3N3O6S. The highest BCUT2D eigenvalue weighted by Gasteiger charge is 2.38. The molecule has 0 bridgehead atoms. The van der Waals surface area contributed by atoms with E-state index < -0.39 is 22.2 Å². The van der Waals surface area contributed by atoms with Crippen molar-refractivity contribution < 1.29 is 41.0 Å². The molecule has 1 heterocycles. The molecule has 9 nitrogen and oxygen atoms in total. The van der Waals surface area contributed by atoms with Crippen LogP contribution in [-0.4, -0.2) is 92.8 Å². The molecule has 0 spiro atoms. The molecule has 0 atom stereocenters. The first-order chi connectivity index (χ1) is 16.3. The van der Waals surface area contributed by atoms with Crippen molar-refractivity contribution in [1.82, 2.24) is 14.5 Å². The number of alkyl halides is 3. The molecular weight excluding hydrogens is 491 g/mol. The van der Waals surface area contributed by atoms with Crippen LogP contribution in [0.5, 0.6) is 0 Å². The molecule has 1 fully saturated rings. The molecule has 0 aliphatic carbocycles. The van der Waals surface area contributed by atoms with Gasteiger partial charge in [-0.05, 0) is 44.4 Å². The summed E-state index contributed by atoms with van der Waals surface area (Å²) in [5.74, 6) is -2.91. The van der Waals surface area contributed by atoms with Gasteiger partial charge in [0, 0.05) is 39.3 Å². The minimum Gasteiger partial charge on any atom is -0.475 e. The van der Waals surface area contributed by atoms with E-state index in [1.165, 1.54) is 4.31 Å². The van der Waals surface area contributed by atoms with E-state index >= 15 is 0 Å². The van der Waals surface area contributed by atoms with Crippen molar-refractivity contribution in [1.29, 1.82) is 0 Å². The molecule has 35 heavy (non-hydrogen) atoms. The maximum atomic E-state index is 13.2. The Morgan fingerprint density at radius 1 is 1.17 bits per heavy atom. The molecule has 2 rings (SSSR count). The predicted molar refractivity (Wildman–Crippen MR) is 123 cm³/mol. The van der Waals surface area contributed by atoms with Crippen molar-refractivity contribution in [2.24, 2.45) is 0 Å². The number of aliphatic carboxylic acids is 1. The molecule has 1 amide bonds. The SMILES string of the molecule is CCc1ccc(S(=O)(=O)N(CCCOC(C)C)CC(=O)N2CCNCC2)cc1.O=C(O)C(F)(F)F. The van der Waals surface area contributed by atoms with Crippen molar-refractivity contribution in [2.75, 3.05) is 45.9 Å². The van der Waals surface area contributed by atoms with Gasteiger partial charge < -0.3 is 20.1 Å². The number of halogens is 3. The van der Waals surface area contributed by atoms with Gasteiger partial charge in [-0.25, -0.2) is 13.2 Å². The lowest BCUT2D eigenvalue weighted by Gasteiger charge is -2.30. The molecule has 200 valence electrons. The number of carboxylic acid groups (broad SMARTS) is 1. The first kappa shape index (κ1) is 30.8. The number of carbonyl (C=O) groups excluding carboxylic acids is 1. The summed E-state index contributed by atoms with van der Waals surface area (Å²) in [6.45, 7) is 9.16. The Morgan fingerprint density at radius 2 is 1.71 bits per heavy atom.